The van der Waals surface area contributed by atoms with Gasteiger partial charge in [-0.1, -0.05) is 55.1 Å². The number of amides is 3. The lowest BCUT2D eigenvalue weighted by Gasteiger charge is -2.42. The highest BCUT2D eigenvalue weighted by Gasteiger charge is 2.47. The fourth-order valence-electron chi connectivity index (χ4n) is 9.12. The molecule has 2 fully saturated rings. The molecule has 0 spiro atoms. The van der Waals surface area contributed by atoms with E-state index in [4.69, 9.17) is 35.3 Å². The number of fused-ring (bicyclic) bond motifs is 6. The van der Waals surface area contributed by atoms with Gasteiger partial charge in [0.2, 0.25) is 0 Å². The SMILES string of the molecule is C=CCOC(=O)N1c2cc(OCc3c(C(=O)N4C[C@@H](CCl)c5c4cc(O)c4ccccc54)sc4ccccc34)c(OC)cc2C(=O)N2CCCC[C@H]2C1OC1CCCCO1. The zero-order valence-corrected chi connectivity index (χ0v) is 34.8. The number of ether oxygens (including phenoxy) is 5. The summed E-state index contributed by atoms with van der Waals surface area (Å²) in [5.41, 5.74) is 2.70. The van der Waals surface area contributed by atoms with E-state index in [1.807, 2.05) is 48.5 Å². The molecular weight excluding hydrogens is 806 g/mol. The Hall–Kier alpha value is -5.34. The number of thiophene rings is 1. The van der Waals surface area contributed by atoms with Gasteiger partial charge in [-0.2, -0.15) is 0 Å². The van der Waals surface area contributed by atoms with Crippen molar-refractivity contribution in [3.8, 4) is 17.2 Å². The molecule has 1 N–H and O–H groups in total. The molecule has 0 radical (unpaired) electrons. The lowest BCUT2D eigenvalue weighted by molar-refractivity contribution is -0.198. The third-order valence-electron chi connectivity index (χ3n) is 12.0. The van der Waals surface area contributed by atoms with Crippen molar-refractivity contribution >= 4 is 73.1 Å². The maximum Gasteiger partial charge on any atom is 0.416 e. The van der Waals surface area contributed by atoms with Crippen molar-refractivity contribution in [3.05, 3.63) is 101 Å². The van der Waals surface area contributed by atoms with Crippen LogP contribution in [0.1, 0.15) is 75.6 Å². The topological polar surface area (TPSA) is 127 Å². The van der Waals surface area contributed by atoms with Crippen LogP contribution in [0.2, 0.25) is 0 Å². The van der Waals surface area contributed by atoms with Crippen molar-refractivity contribution in [1.29, 1.82) is 0 Å². The average Bonchev–Trinajstić information content (AvgIpc) is 3.83. The molecule has 5 aromatic rings. The smallest absolute Gasteiger partial charge is 0.416 e. The van der Waals surface area contributed by atoms with Gasteiger partial charge in [0.15, 0.2) is 24.0 Å². The van der Waals surface area contributed by atoms with Gasteiger partial charge in [-0.15, -0.1) is 22.9 Å². The molecule has 2 unspecified atom stereocenters. The summed E-state index contributed by atoms with van der Waals surface area (Å²) in [5, 5.41) is 13.5. The van der Waals surface area contributed by atoms with E-state index in [1.54, 1.807) is 28.0 Å². The van der Waals surface area contributed by atoms with Crippen LogP contribution < -0.4 is 19.3 Å². The maximum absolute atomic E-state index is 14.8. The van der Waals surface area contributed by atoms with Gasteiger partial charge in [-0.05, 0) is 67.0 Å². The second-order valence-electron chi connectivity index (χ2n) is 15.5. The van der Waals surface area contributed by atoms with E-state index in [0.717, 1.165) is 46.7 Å². The van der Waals surface area contributed by atoms with Crippen LogP contribution in [0, 0.1) is 0 Å². The predicted octanol–water partition coefficient (Wildman–Crippen LogP) is 9.34. The number of alkyl halides is 1. The highest BCUT2D eigenvalue weighted by Crippen LogP contribution is 2.47. The van der Waals surface area contributed by atoms with Crippen LogP contribution in [0.15, 0.2) is 79.4 Å². The molecule has 3 amide bonds. The number of nitrogens with zero attached hydrogens (tertiary/aromatic N) is 3. The number of halogens is 1. The van der Waals surface area contributed by atoms with Crippen molar-refractivity contribution in [2.75, 3.05) is 49.1 Å². The number of rotatable bonds is 10. The number of phenols is 1. The highest BCUT2D eigenvalue weighted by molar-refractivity contribution is 7.21. The van der Waals surface area contributed by atoms with E-state index in [-0.39, 0.29) is 59.4 Å². The Kier molecular flexibility index (Phi) is 11.3. The molecule has 0 saturated carbocycles. The fourth-order valence-corrected chi connectivity index (χ4v) is 10.5. The summed E-state index contributed by atoms with van der Waals surface area (Å²) < 4.78 is 31.8. The van der Waals surface area contributed by atoms with E-state index in [1.165, 1.54) is 29.4 Å². The van der Waals surface area contributed by atoms with Gasteiger partial charge in [0.25, 0.3) is 11.8 Å². The molecule has 4 aromatic carbocycles. The number of aromatic hydroxyl groups is 1. The maximum atomic E-state index is 14.8. The van der Waals surface area contributed by atoms with Gasteiger partial charge in [0.1, 0.15) is 23.8 Å². The number of piperidine rings is 1. The average molecular weight is 852 g/mol. The molecule has 9 rings (SSSR count). The first kappa shape index (κ1) is 40.1. The molecule has 312 valence electrons. The van der Waals surface area contributed by atoms with Crippen LogP contribution >= 0.6 is 22.9 Å². The first-order valence-electron chi connectivity index (χ1n) is 20.4. The van der Waals surface area contributed by atoms with Crippen LogP contribution in [0.5, 0.6) is 17.2 Å². The Morgan fingerprint density at radius 1 is 0.983 bits per heavy atom. The number of benzene rings is 4. The second-order valence-corrected chi connectivity index (χ2v) is 16.8. The van der Waals surface area contributed by atoms with Gasteiger partial charge >= 0.3 is 6.09 Å². The molecule has 60 heavy (non-hydrogen) atoms. The summed E-state index contributed by atoms with van der Waals surface area (Å²) in [5.74, 6) is 0.267. The van der Waals surface area contributed by atoms with E-state index in [9.17, 15) is 19.5 Å². The van der Waals surface area contributed by atoms with Crippen LogP contribution in [0.4, 0.5) is 16.2 Å². The summed E-state index contributed by atoms with van der Waals surface area (Å²) in [6.45, 7) is 5.00. The summed E-state index contributed by atoms with van der Waals surface area (Å²) in [6, 6.07) is 19.8. The third kappa shape index (κ3) is 7.10. The van der Waals surface area contributed by atoms with Gasteiger partial charge in [-0.25, -0.2) is 9.69 Å². The number of methoxy groups -OCH3 is 1. The van der Waals surface area contributed by atoms with Crippen LogP contribution in [0.3, 0.4) is 0 Å². The fraction of sp³-hybridized carbons (Fsp3) is 0.370. The number of hydrogen-bond donors (Lipinski definition) is 1. The zero-order valence-electron chi connectivity index (χ0n) is 33.3. The molecule has 4 atom stereocenters. The van der Waals surface area contributed by atoms with E-state index in [2.05, 4.69) is 6.58 Å². The molecule has 12 nitrogen and oxygen atoms in total. The van der Waals surface area contributed by atoms with Crippen molar-refractivity contribution < 1.29 is 43.2 Å². The number of hydrogen-bond acceptors (Lipinski definition) is 10. The second kappa shape index (κ2) is 17.0. The van der Waals surface area contributed by atoms with Crippen LogP contribution in [-0.4, -0.2) is 85.8 Å². The quantitative estimate of drug-likeness (QED) is 0.108. The van der Waals surface area contributed by atoms with Gasteiger partial charge in [0.05, 0.1) is 30.1 Å². The monoisotopic (exact) mass is 851 g/mol. The summed E-state index contributed by atoms with van der Waals surface area (Å²) in [6.07, 6.45) is 4.06. The first-order chi connectivity index (χ1) is 29.3. The summed E-state index contributed by atoms with van der Waals surface area (Å²) in [4.78, 5) is 48.9. The molecule has 1 aromatic heterocycles. The largest absolute Gasteiger partial charge is 0.507 e. The molecule has 4 aliphatic rings. The lowest BCUT2D eigenvalue weighted by atomic mass is 9.95. The molecule has 5 heterocycles. The number of phenolic OH excluding ortho intramolecular Hbond substituents is 1. The summed E-state index contributed by atoms with van der Waals surface area (Å²) in [7, 11) is 1.49. The zero-order chi connectivity index (χ0) is 41.5. The van der Waals surface area contributed by atoms with E-state index in [0.29, 0.717) is 59.9 Å². The summed E-state index contributed by atoms with van der Waals surface area (Å²) >= 11 is 7.91. The Morgan fingerprint density at radius 2 is 1.77 bits per heavy atom. The Labute approximate surface area is 356 Å². The molecule has 2 saturated heterocycles. The molecular formula is C46H46ClN3O9S. The van der Waals surface area contributed by atoms with Crippen molar-refractivity contribution in [1.82, 2.24) is 4.90 Å². The van der Waals surface area contributed by atoms with E-state index < -0.39 is 24.7 Å². The van der Waals surface area contributed by atoms with E-state index >= 15 is 0 Å². The number of carbonyl (C=O) groups excluding carboxylic acids is 3. The van der Waals surface area contributed by atoms with Gasteiger partial charge in [-0.3, -0.25) is 9.59 Å². The standard InChI is InChI=1S/C46H46ClN3O9S/c1-3-19-57-46(54)50-34-23-38(37(55-2)21-31(34)43(52)48-18-10-8-15-33(48)45(50)59-40-17-9-11-20-56-40)58-26-32-29-13-6-7-16-39(29)60-42(32)44(53)49-25-27(24-47)41-30-14-5-4-12-28(30)36(51)22-35(41)49/h3-7,12-14,16,21-23,27,33,40,45,51H,1,8-11,15,17-20,24-26H2,2H3/t27-,33+,40?,45?/m1/s1. The van der Waals surface area contributed by atoms with Crippen molar-refractivity contribution in [2.45, 2.75) is 69.6 Å². The van der Waals surface area contributed by atoms with Gasteiger partial charge in [0, 0.05) is 59.3 Å². The first-order valence-corrected chi connectivity index (χ1v) is 21.8. The van der Waals surface area contributed by atoms with Crippen molar-refractivity contribution in [3.63, 3.8) is 0 Å². The highest BCUT2D eigenvalue weighted by atomic mass is 35.5. The molecule has 4 aliphatic heterocycles. The molecule has 0 aliphatic carbocycles. The van der Waals surface area contributed by atoms with Crippen molar-refractivity contribution in [2.24, 2.45) is 0 Å². The minimum atomic E-state index is -0.918. The Morgan fingerprint density at radius 3 is 2.53 bits per heavy atom. The van der Waals surface area contributed by atoms with Crippen LogP contribution in [-0.2, 0) is 20.8 Å². The molecule has 0 bridgehead atoms. The number of carbonyl (C=O) groups is 3. The van der Waals surface area contributed by atoms with Crippen LogP contribution in [0.25, 0.3) is 20.9 Å². The normalized spacial score (nSPS) is 21.3. The molecule has 14 heteroatoms. The minimum Gasteiger partial charge on any atom is -0.507 e. The number of anilines is 2. The third-order valence-corrected chi connectivity index (χ3v) is 13.5. The minimum absolute atomic E-state index is 0.0514. The Bertz CT molecular complexity index is 2480. The predicted molar refractivity (Wildman–Crippen MR) is 231 cm³/mol. The Balaban J connectivity index is 1.11. The lowest BCUT2D eigenvalue weighted by Crippen LogP contribution is -2.57. The van der Waals surface area contributed by atoms with Gasteiger partial charge < -0.3 is 38.6 Å².